The third-order valence-electron chi connectivity index (χ3n) is 3.34. The molecule has 7 nitrogen and oxygen atoms in total. The van der Waals surface area contributed by atoms with Crippen LogP contribution in [0.4, 0.5) is 0 Å². The molecular weight excluding hydrogens is 310 g/mol. The first-order chi connectivity index (χ1) is 11.4. The number of carbonyl (C=O) groups excluding carboxylic acids is 1. The molecule has 0 aliphatic carbocycles. The zero-order chi connectivity index (χ0) is 18.1. The molecule has 0 aliphatic rings. The maximum atomic E-state index is 12.0. The summed E-state index contributed by atoms with van der Waals surface area (Å²) in [6, 6.07) is 7.88. The van der Waals surface area contributed by atoms with Crippen molar-refractivity contribution in [3.05, 3.63) is 47.2 Å². The van der Waals surface area contributed by atoms with Gasteiger partial charge in [-0.15, -0.1) is 0 Å². The number of nitrogens with zero attached hydrogens (tertiary/aromatic N) is 1. The van der Waals surface area contributed by atoms with Gasteiger partial charge < -0.3 is 20.8 Å². The van der Waals surface area contributed by atoms with Gasteiger partial charge in [-0.3, -0.25) is 4.79 Å². The number of benzene rings is 1. The third kappa shape index (κ3) is 5.74. The van der Waals surface area contributed by atoms with Crippen molar-refractivity contribution < 1.29 is 19.8 Å². The molecule has 0 heterocycles. The lowest BCUT2D eigenvalue weighted by Crippen LogP contribution is -2.44. The van der Waals surface area contributed by atoms with E-state index in [-0.39, 0.29) is 18.1 Å². The Morgan fingerprint density at radius 3 is 2.29 bits per heavy atom. The van der Waals surface area contributed by atoms with Gasteiger partial charge in [0.2, 0.25) is 0 Å². The van der Waals surface area contributed by atoms with Crippen molar-refractivity contribution in [2.45, 2.75) is 33.0 Å². The molecular formula is C17H21N3O4. The number of carboxylic acid groups (broad SMARTS) is 1. The maximum absolute atomic E-state index is 12.0. The molecule has 1 aromatic rings. The number of carbonyl (C=O) groups is 2. The van der Waals surface area contributed by atoms with Crippen molar-refractivity contribution in [3.8, 4) is 6.07 Å². The van der Waals surface area contributed by atoms with Crippen LogP contribution in [0, 0.1) is 17.2 Å². The number of aliphatic hydroxyl groups is 1. The Labute approximate surface area is 140 Å². The smallest absolute Gasteiger partial charge is 0.326 e. The van der Waals surface area contributed by atoms with E-state index in [4.69, 9.17) is 15.5 Å². The van der Waals surface area contributed by atoms with Crippen LogP contribution in [0.5, 0.6) is 0 Å². The summed E-state index contributed by atoms with van der Waals surface area (Å²) in [7, 11) is 0. The van der Waals surface area contributed by atoms with Crippen LogP contribution in [0.1, 0.15) is 25.0 Å². The predicted octanol–water partition coefficient (Wildman–Crippen LogP) is 0.901. The van der Waals surface area contributed by atoms with E-state index in [0.717, 1.165) is 11.1 Å². The molecule has 128 valence electrons. The summed E-state index contributed by atoms with van der Waals surface area (Å²) in [6.45, 7) is 3.69. The molecule has 1 aromatic carbocycles. The second-order valence-corrected chi connectivity index (χ2v) is 5.56. The van der Waals surface area contributed by atoms with Crippen LogP contribution >= 0.6 is 0 Å². The summed E-state index contributed by atoms with van der Waals surface area (Å²) in [4.78, 5) is 23.1. The van der Waals surface area contributed by atoms with Gasteiger partial charge in [-0.25, -0.2) is 4.79 Å². The van der Waals surface area contributed by atoms with Gasteiger partial charge in [-0.1, -0.05) is 38.1 Å². The summed E-state index contributed by atoms with van der Waals surface area (Å²) in [5.74, 6) is -2.18. The van der Waals surface area contributed by atoms with Crippen LogP contribution in [0.2, 0.25) is 0 Å². The highest BCUT2D eigenvalue weighted by Gasteiger charge is 2.24. The molecule has 0 radical (unpaired) electrons. The maximum Gasteiger partial charge on any atom is 0.326 e. The van der Waals surface area contributed by atoms with Crippen LogP contribution < -0.4 is 10.6 Å². The molecule has 0 bridgehead atoms. The van der Waals surface area contributed by atoms with Gasteiger partial charge in [-0.2, -0.15) is 5.26 Å². The molecule has 1 unspecified atom stereocenters. The van der Waals surface area contributed by atoms with Crippen molar-refractivity contribution in [1.82, 2.24) is 10.6 Å². The Morgan fingerprint density at radius 1 is 1.25 bits per heavy atom. The molecule has 0 aliphatic heterocycles. The standard InChI is InChI=1S/C17H21N3O4/c1-11(2)15(17(23)24)20-16(22)14(7-18)9-19-8-12-3-5-13(10-21)6-4-12/h3-6,9,11,15,19,21H,8,10H2,1-2H3,(H,20,22)(H,23,24)/b14-9-. The topological polar surface area (TPSA) is 122 Å². The molecule has 0 spiro atoms. The van der Waals surface area contributed by atoms with E-state index in [9.17, 15) is 9.59 Å². The van der Waals surface area contributed by atoms with Gasteiger partial charge >= 0.3 is 5.97 Å². The SMILES string of the molecule is CC(C)C(NC(=O)/C(C#N)=C\NCc1ccc(CO)cc1)C(=O)O. The number of nitriles is 1. The lowest BCUT2D eigenvalue weighted by molar-refractivity contribution is -0.142. The normalized spacial score (nSPS) is 12.4. The average Bonchev–Trinajstić information content (AvgIpc) is 2.56. The van der Waals surface area contributed by atoms with Crippen LogP contribution in [-0.2, 0) is 22.7 Å². The number of rotatable bonds is 8. The van der Waals surface area contributed by atoms with Gasteiger partial charge in [0.15, 0.2) is 0 Å². The van der Waals surface area contributed by atoms with Gasteiger partial charge in [0.1, 0.15) is 17.7 Å². The number of amides is 1. The van der Waals surface area contributed by atoms with Gasteiger partial charge in [0, 0.05) is 12.7 Å². The molecule has 4 N–H and O–H groups in total. The molecule has 0 fully saturated rings. The summed E-state index contributed by atoms with van der Waals surface area (Å²) >= 11 is 0. The van der Waals surface area contributed by atoms with E-state index in [2.05, 4.69) is 10.6 Å². The number of aliphatic hydroxyl groups excluding tert-OH is 1. The first-order valence-electron chi connectivity index (χ1n) is 7.45. The van der Waals surface area contributed by atoms with Crippen LogP contribution in [0.25, 0.3) is 0 Å². The Morgan fingerprint density at radius 2 is 1.83 bits per heavy atom. The van der Waals surface area contributed by atoms with Crippen LogP contribution in [0.15, 0.2) is 36.0 Å². The van der Waals surface area contributed by atoms with E-state index >= 15 is 0 Å². The minimum atomic E-state index is -1.15. The van der Waals surface area contributed by atoms with Crippen molar-refractivity contribution in [2.24, 2.45) is 5.92 Å². The highest BCUT2D eigenvalue weighted by Crippen LogP contribution is 2.05. The molecule has 0 saturated heterocycles. The van der Waals surface area contributed by atoms with Crippen LogP contribution in [-0.4, -0.2) is 28.1 Å². The van der Waals surface area contributed by atoms with E-state index < -0.39 is 17.9 Å². The molecule has 24 heavy (non-hydrogen) atoms. The molecule has 1 rings (SSSR count). The van der Waals surface area contributed by atoms with E-state index in [0.29, 0.717) is 6.54 Å². The predicted molar refractivity (Wildman–Crippen MR) is 87.3 cm³/mol. The van der Waals surface area contributed by atoms with Gasteiger partial charge in [0.05, 0.1) is 6.61 Å². The third-order valence-corrected chi connectivity index (χ3v) is 3.34. The highest BCUT2D eigenvalue weighted by molar-refractivity contribution is 5.99. The molecule has 0 aromatic heterocycles. The monoisotopic (exact) mass is 331 g/mol. The van der Waals surface area contributed by atoms with Crippen molar-refractivity contribution in [3.63, 3.8) is 0 Å². The number of nitrogens with one attached hydrogen (secondary N) is 2. The van der Waals surface area contributed by atoms with Crippen LogP contribution in [0.3, 0.4) is 0 Å². The zero-order valence-corrected chi connectivity index (χ0v) is 13.6. The molecule has 0 saturated carbocycles. The fourth-order valence-electron chi connectivity index (χ4n) is 1.91. The van der Waals surface area contributed by atoms with Crippen molar-refractivity contribution in [2.75, 3.05) is 0 Å². The van der Waals surface area contributed by atoms with E-state index in [1.807, 2.05) is 12.1 Å². The number of hydrogen-bond donors (Lipinski definition) is 4. The quantitative estimate of drug-likeness (QED) is 0.415. The highest BCUT2D eigenvalue weighted by atomic mass is 16.4. The fraction of sp³-hybridized carbons (Fsp3) is 0.353. The summed E-state index contributed by atoms with van der Waals surface area (Å²) in [5, 5.41) is 32.3. The summed E-state index contributed by atoms with van der Waals surface area (Å²) < 4.78 is 0. The Bertz CT molecular complexity index is 645. The number of hydrogen-bond acceptors (Lipinski definition) is 5. The van der Waals surface area contributed by atoms with E-state index in [1.54, 1.807) is 32.0 Å². The van der Waals surface area contributed by atoms with E-state index in [1.165, 1.54) is 6.20 Å². The van der Waals surface area contributed by atoms with Crippen molar-refractivity contribution in [1.29, 1.82) is 5.26 Å². The Balaban J connectivity index is 2.67. The molecule has 1 amide bonds. The minimum Gasteiger partial charge on any atom is -0.480 e. The number of carboxylic acids is 1. The lowest BCUT2D eigenvalue weighted by Gasteiger charge is -2.17. The second-order valence-electron chi connectivity index (χ2n) is 5.56. The molecule has 7 heteroatoms. The minimum absolute atomic E-state index is 0.0348. The zero-order valence-electron chi connectivity index (χ0n) is 13.6. The Kier molecular flexibility index (Phi) is 7.46. The summed E-state index contributed by atoms with van der Waals surface area (Å²) in [6.07, 6.45) is 1.26. The van der Waals surface area contributed by atoms with Crippen molar-refractivity contribution >= 4 is 11.9 Å². The lowest BCUT2D eigenvalue weighted by atomic mass is 10.0. The first-order valence-corrected chi connectivity index (χ1v) is 7.45. The largest absolute Gasteiger partial charge is 0.480 e. The molecule has 1 atom stereocenters. The first kappa shape index (κ1) is 19.2. The fourth-order valence-corrected chi connectivity index (χ4v) is 1.91. The second kappa shape index (κ2) is 9.33. The Hall–Kier alpha value is -2.85. The summed E-state index contributed by atoms with van der Waals surface area (Å²) in [5.41, 5.74) is 1.50. The van der Waals surface area contributed by atoms with Gasteiger partial charge in [-0.05, 0) is 17.0 Å². The number of aliphatic carboxylic acids is 1. The van der Waals surface area contributed by atoms with Gasteiger partial charge in [0.25, 0.3) is 5.91 Å². The average molecular weight is 331 g/mol.